The predicted octanol–water partition coefficient (Wildman–Crippen LogP) is 4.85. The molecule has 0 saturated heterocycles. The minimum atomic E-state index is -0.771. The van der Waals surface area contributed by atoms with Crippen LogP contribution in [0.1, 0.15) is 38.2 Å². The van der Waals surface area contributed by atoms with Gasteiger partial charge in [-0.3, -0.25) is 0 Å². The number of hydrogen-bond donors (Lipinski definition) is 0. The van der Waals surface area contributed by atoms with Crippen molar-refractivity contribution in [2.24, 2.45) is 5.41 Å². The SMILES string of the molecule is CC1(C(Br)Cc2ccc(F)c(F)c2)CCCC1. The molecule has 0 aliphatic heterocycles. The van der Waals surface area contributed by atoms with Crippen LogP contribution in [0.25, 0.3) is 0 Å². The first-order valence-corrected chi connectivity index (χ1v) is 7.01. The highest BCUT2D eigenvalue weighted by Gasteiger charge is 2.35. The highest BCUT2D eigenvalue weighted by Crippen LogP contribution is 2.44. The van der Waals surface area contributed by atoms with Crippen LogP contribution in [0.4, 0.5) is 8.78 Å². The molecule has 0 nitrogen and oxygen atoms in total. The Morgan fingerprint density at radius 3 is 2.47 bits per heavy atom. The highest BCUT2D eigenvalue weighted by atomic mass is 79.9. The molecule has 0 heterocycles. The highest BCUT2D eigenvalue weighted by molar-refractivity contribution is 9.09. The molecule has 94 valence electrons. The maximum atomic E-state index is 13.1. The van der Waals surface area contributed by atoms with Crippen molar-refractivity contribution in [3.63, 3.8) is 0 Å². The zero-order chi connectivity index (χ0) is 12.5. The minimum absolute atomic E-state index is 0.296. The number of benzene rings is 1. The molecule has 0 spiro atoms. The maximum Gasteiger partial charge on any atom is 0.159 e. The van der Waals surface area contributed by atoms with Crippen LogP contribution in [0, 0.1) is 17.0 Å². The second-order valence-corrected chi connectivity index (χ2v) is 6.39. The average Bonchev–Trinajstić information content (AvgIpc) is 2.72. The second-order valence-electron chi connectivity index (χ2n) is 5.28. The summed E-state index contributed by atoms with van der Waals surface area (Å²) in [4.78, 5) is 0.336. The number of alkyl halides is 1. The monoisotopic (exact) mass is 302 g/mol. The van der Waals surface area contributed by atoms with Crippen LogP contribution in [0.5, 0.6) is 0 Å². The molecular formula is C14H17BrF2. The molecule has 17 heavy (non-hydrogen) atoms. The summed E-state index contributed by atoms with van der Waals surface area (Å²) in [5.41, 5.74) is 1.16. The van der Waals surface area contributed by atoms with Crippen molar-refractivity contribution in [2.75, 3.05) is 0 Å². The summed E-state index contributed by atoms with van der Waals surface area (Å²) in [6, 6.07) is 4.19. The van der Waals surface area contributed by atoms with Crippen LogP contribution >= 0.6 is 15.9 Å². The molecule has 1 fully saturated rings. The van der Waals surface area contributed by atoms with Crippen molar-refractivity contribution in [3.8, 4) is 0 Å². The van der Waals surface area contributed by atoms with Crippen molar-refractivity contribution in [1.82, 2.24) is 0 Å². The summed E-state index contributed by atoms with van der Waals surface area (Å²) in [5, 5.41) is 0. The van der Waals surface area contributed by atoms with E-state index >= 15 is 0 Å². The molecule has 3 heteroatoms. The third-order valence-electron chi connectivity index (χ3n) is 3.90. The van der Waals surface area contributed by atoms with E-state index in [1.54, 1.807) is 6.07 Å². The molecule has 1 atom stereocenters. The molecule has 2 rings (SSSR count). The van der Waals surface area contributed by atoms with Gasteiger partial charge in [0.05, 0.1) is 0 Å². The van der Waals surface area contributed by atoms with E-state index in [-0.39, 0.29) is 0 Å². The summed E-state index contributed by atoms with van der Waals surface area (Å²) in [6.07, 6.45) is 5.74. The first kappa shape index (κ1) is 13.0. The molecule has 0 aromatic heterocycles. The Balaban J connectivity index is 2.07. The van der Waals surface area contributed by atoms with Gasteiger partial charge in [0, 0.05) is 4.83 Å². The Morgan fingerprint density at radius 2 is 1.88 bits per heavy atom. The van der Waals surface area contributed by atoms with E-state index in [9.17, 15) is 8.78 Å². The van der Waals surface area contributed by atoms with Gasteiger partial charge in [-0.25, -0.2) is 8.78 Å². The van der Waals surface area contributed by atoms with Crippen LogP contribution in [-0.4, -0.2) is 4.83 Å². The summed E-state index contributed by atoms with van der Waals surface area (Å²) in [7, 11) is 0. The van der Waals surface area contributed by atoms with Crippen LogP contribution in [-0.2, 0) is 6.42 Å². The standard InChI is InChI=1S/C14H17BrF2/c1-14(6-2-3-7-14)13(15)9-10-4-5-11(16)12(17)8-10/h4-5,8,13H,2-3,6-7,9H2,1H3. The third kappa shape index (κ3) is 2.87. The Morgan fingerprint density at radius 1 is 1.24 bits per heavy atom. The van der Waals surface area contributed by atoms with Crippen molar-refractivity contribution in [3.05, 3.63) is 35.4 Å². The van der Waals surface area contributed by atoms with Crippen LogP contribution < -0.4 is 0 Å². The molecule has 1 aliphatic rings. The van der Waals surface area contributed by atoms with Crippen molar-refractivity contribution in [2.45, 2.75) is 43.9 Å². The van der Waals surface area contributed by atoms with E-state index in [2.05, 4.69) is 22.9 Å². The summed E-state index contributed by atoms with van der Waals surface area (Å²) in [5.74, 6) is -1.52. The molecule has 0 radical (unpaired) electrons. The lowest BCUT2D eigenvalue weighted by Gasteiger charge is -2.30. The minimum Gasteiger partial charge on any atom is -0.204 e. The van der Waals surface area contributed by atoms with Gasteiger partial charge in [-0.1, -0.05) is 41.8 Å². The van der Waals surface area contributed by atoms with Crippen LogP contribution in [0.15, 0.2) is 18.2 Å². The van der Waals surface area contributed by atoms with E-state index < -0.39 is 11.6 Å². The fourth-order valence-electron chi connectivity index (χ4n) is 2.62. The normalized spacial score (nSPS) is 20.5. The lowest BCUT2D eigenvalue weighted by Crippen LogP contribution is -2.26. The molecule has 1 saturated carbocycles. The van der Waals surface area contributed by atoms with E-state index in [0.717, 1.165) is 12.0 Å². The van der Waals surface area contributed by atoms with Crippen molar-refractivity contribution in [1.29, 1.82) is 0 Å². The van der Waals surface area contributed by atoms with Gasteiger partial charge >= 0.3 is 0 Å². The van der Waals surface area contributed by atoms with E-state index in [4.69, 9.17) is 0 Å². The second kappa shape index (κ2) is 5.05. The van der Waals surface area contributed by atoms with Gasteiger partial charge in [-0.2, -0.15) is 0 Å². The summed E-state index contributed by atoms with van der Waals surface area (Å²) >= 11 is 3.72. The van der Waals surface area contributed by atoms with Gasteiger partial charge < -0.3 is 0 Å². The van der Waals surface area contributed by atoms with Crippen molar-refractivity contribution < 1.29 is 8.78 Å². The third-order valence-corrected chi connectivity index (χ3v) is 5.33. The molecule has 1 aromatic carbocycles. The zero-order valence-corrected chi connectivity index (χ0v) is 11.6. The fraction of sp³-hybridized carbons (Fsp3) is 0.571. The predicted molar refractivity (Wildman–Crippen MR) is 69.4 cm³/mol. The van der Waals surface area contributed by atoms with Crippen LogP contribution in [0.3, 0.4) is 0 Å². The molecule has 0 amide bonds. The van der Waals surface area contributed by atoms with E-state index in [1.807, 2.05) is 0 Å². The Bertz CT molecular complexity index is 397. The van der Waals surface area contributed by atoms with Gasteiger partial charge in [0.25, 0.3) is 0 Å². The average molecular weight is 303 g/mol. The molecule has 1 unspecified atom stereocenters. The largest absolute Gasteiger partial charge is 0.204 e. The molecule has 1 aliphatic carbocycles. The quantitative estimate of drug-likeness (QED) is 0.700. The topological polar surface area (TPSA) is 0 Å². The van der Waals surface area contributed by atoms with Crippen LogP contribution in [0.2, 0.25) is 0 Å². The molecular weight excluding hydrogens is 286 g/mol. The lowest BCUT2D eigenvalue weighted by atomic mass is 9.82. The number of rotatable bonds is 3. The summed E-state index contributed by atoms with van der Waals surface area (Å²) in [6.45, 7) is 2.28. The number of halogens is 3. The van der Waals surface area contributed by atoms with Gasteiger partial charge in [0.15, 0.2) is 11.6 Å². The summed E-state index contributed by atoms with van der Waals surface area (Å²) < 4.78 is 25.9. The van der Waals surface area contributed by atoms with Gasteiger partial charge in [-0.15, -0.1) is 0 Å². The van der Waals surface area contributed by atoms with Gasteiger partial charge in [-0.05, 0) is 42.4 Å². The Hall–Kier alpha value is -0.440. The zero-order valence-electron chi connectivity index (χ0n) is 9.98. The Kier molecular flexibility index (Phi) is 3.86. The molecule has 0 bridgehead atoms. The van der Waals surface area contributed by atoms with Gasteiger partial charge in [0.1, 0.15) is 0 Å². The first-order valence-electron chi connectivity index (χ1n) is 6.09. The lowest BCUT2D eigenvalue weighted by molar-refractivity contribution is 0.325. The van der Waals surface area contributed by atoms with Gasteiger partial charge in [0.2, 0.25) is 0 Å². The molecule has 0 N–H and O–H groups in total. The first-order chi connectivity index (χ1) is 8.01. The Labute approximate surface area is 110 Å². The maximum absolute atomic E-state index is 13.1. The molecule has 1 aromatic rings. The van der Waals surface area contributed by atoms with E-state index in [1.165, 1.54) is 37.8 Å². The van der Waals surface area contributed by atoms with Crippen molar-refractivity contribution >= 4 is 15.9 Å². The smallest absolute Gasteiger partial charge is 0.159 e. The number of hydrogen-bond acceptors (Lipinski definition) is 0. The van der Waals surface area contributed by atoms with E-state index in [0.29, 0.717) is 10.2 Å². The fourth-order valence-corrected chi connectivity index (χ4v) is 3.45.